The normalized spacial score (nSPS) is 22.5. The standard InChI is InChI=1S/C16H26O2/c1-5-6-7-8-9-18-15-10-14(12-17)13(2)11-16(15,3)4/h10,12,14H,2,5-9,11H2,1,3-4H3. The van der Waals surface area contributed by atoms with Crippen LogP contribution in [0, 0.1) is 11.3 Å². The summed E-state index contributed by atoms with van der Waals surface area (Å²) >= 11 is 0. The van der Waals surface area contributed by atoms with Gasteiger partial charge in [0.1, 0.15) is 6.29 Å². The molecule has 0 N–H and O–H groups in total. The molecule has 0 bridgehead atoms. The molecule has 2 heteroatoms. The Kier molecular flexibility index (Phi) is 5.64. The molecule has 0 aliphatic heterocycles. The molecule has 1 unspecified atom stereocenters. The predicted octanol–water partition coefficient (Wildman–Crippen LogP) is 4.27. The zero-order valence-electron chi connectivity index (χ0n) is 12.0. The molecule has 1 aliphatic carbocycles. The number of carbonyl (C=O) groups is 1. The van der Waals surface area contributed by atoms with E-state index in [1.54, 1.807) is 0 Å². The van der Waals surface area contributed by atoms with Crippen LogP contribution in [0.4, 0.5) is 0 Å². The first-order chi connectivity index (χ1) is 8.51. The maximum absolute atomic E-state index is 11.0. The summed E-state index contributed by atoms with van der Waals surface area (Å²) in [7, 11) is 0. The van der Waals surface area contributed by atoms with Crippen LogP contribution in [0.15, 0.2) is 24.0 Å². The molecule has 0 spiro atoms. The maximum atomic E-state index is 11.0. The van der Waals surface area contributed by atoms with Crippen LogP contribution < -0.4 is 0 Å². The Hall–Kier alpha value is -1.05. The summed E-state index contributed by atoms with van der Waals surface area (Å²) in [6, 6.07) is 0. The van der Waals surface area contributed by atoms with Crippen molar-refractivity contribution >= 4 is 6.29 Å². The summed E-state index contributed by atoms with van der Waals surface area (Å²) in [4.78, 5) is 11.0. The highest BCUT2D eigenvalue weighted by molar-refractivity contribution is 5.63. The number of aldehydes is 1. The molecule has 1 atom stereocenters. The van der Waals surface area contributed by atoms with Crippen LogP contribution in [0.25, 0.3) is 0 Å². The summed E-state index contributed by atoms with van der Waals surface area (Å²) in [6.45, 7) is 11.2. The van der Waals surface area contributed by atoms with Gasteiger partial charge in [0.15, 0.2) is 0 Å². The molecule has 0 aromatic carbocycles. The van der Waals surface area contributed by atoms with Crippen LogP contribution in [0.3, 0.4) is 0 Å². The lowest BCUT2D eigenvalue weighted by Crippen LogP contribution is -2.26. The monoisotopic (exact) mass is 250 g/mol. The number of unbranched alkanes of at least 4 members (excludes halogenated alkanes) is 3. The summed E-state index contributed by atoms with van der Waals surface area (Å²) < 4.78 is 5.89. The average molecular weight is 250 g/mol. The molecule has 0 fully saturated rings. The van der Waals surface area contributed by atoms with Gasteiger partial charge in [0, 0.05) is 5.41 Å². The molecule has 0 amide bonds. The Labute approximate surface area is 111 Å². The molecule has 0 aromatic rings. The predicted molar refractivity (Wildman–Crippen MR) is 75.3 cm³/mol. The highest BCUT2D eigenvalue weighted by Gasteiger charge is 2.33. The van der Waals surface area contributed by atoms with Gasteiger partial charge in [-0.3, -0.25) is 0 Å². The molecule has 102 valence electrons. The van der Waals surface area contributed by atoms with Crippen LogP contribution >= 0.6 is 0 Å². The first kappa shape index (κ1) is 15.0. The Morgan fingerprint density at radius 2 is 2.17 bits per heavy atom. The fraction of sp³-hybridized carbons (Fsp3) is 0.688. The lowest BCUT2D eigenvalue weighted by molar-refractivity contribution is -0.109. The Balaban J connectivity index is 2.55. The molecule has 0 radical (unpaired) electrons. The van der Waals surface area contributed by atoms with E-state index in [1.807, 2.05) is 6.08 Å². The third-order valence-corrected chi connectivity index (χ3v) is 3.54. The zero-order chi connectivity index (χ0) is 13.6. The molecule has 0 saturated carbocycles. The largest absolute Gasteiger partial charge is 0.498 e. The molecule has 1 rings (SSSR count). The lowest BCUT2D eigenvalue weighted by Gasteiger charge is -2.34. The second kappa shape index (κ2) is 6.77. The van der Waals surface area contributed by atoms with E-state index in [0.29, 0.717) is 0 Å². The Morgan fingerprint density at radius 3 is 2.78 bits per heavy atom. The van der Waals surface area contributed by atoms with Crippen molar-refractivity contribution in [1.82, 2.24) is 0 Å². The molecule has 0 aromatic heterocycles. The number of hydrogen-bond acceptors (Lipinski definition) is 2. The van der Waals surface area contributed by atoms with E-state index >= 15 is 0 Å². The van der Waals surface area contributed by atoms with Gasteiger partial charge in [-0.1, -0.05) is 52.2 Å². The molecular weight excluding hydrogens is 224 g/mol. The third kappa shape index (κ3) is 4.01. The molecule has 0 saturated heterocycles. The molecular formula is C16H26O2. The smallest absolute Gasteiger partial charge is 0.131 e. The summed E-state index contributed by atoms with van der Waals surface area (Å²) in [5.41, 5.74) is 0.967. The van der Waals surface area contributed by atoms with Crippen molar-refractivity contribution in [1.29, 1.82) is 0 Å². The number of ether oxygens (including phenoxy) is 1. The van der Waals surface area contributed by atoms with Crippen molar-refractivity contribution in [2.75, 3.05) is 6.61 Å². The van der Waals surface area contributed by atoms with Crippen molar-refractivity contribution in [2.45, 2.75) is 52.9 Å². The van der Waals surface area contributed by atoms with Gasteiger partial charge < -0.3 is 9.53 Å². The summed E-state index contributed by atoms with van der Waals surface area (Å²) in [5, 5.41) is 0. The van der Waals surface area contributed by atoms with Crippen LogP contribution in [-0.2, 0) is 9.53 Å². The minimum Gasteiger partial charge on any atom is -0.498 e. The zero-order valence-corrected chi connectivity index (χ0v) is 12.0. The quantitative estimate of drug-likeness (QED) is 0.383. The van der Waals surface area contributed by atoms with E-state index in [4.69, 9.17) is 4.74 Å². The molecule has 2 nitrogen and oxygen atoms in total. The van der Waals surface area contributed by atoms with E-state index in [2.05, 4.69) is 27.4 Å². The minimum atomic E-state index is -0.163. The van der Waals surface area contributed by atoms with Gasteiger partial charge >= 0.3 is 0 Å². The minimum absolute atomic E-state index is 0.0264. The van der Waals surface area contributed by atoms with Crippen molar-refractivity contribution < 1.29 is 9.53 Å². The second-order valence-corrected chi connectivity index (χ2v) is 5.82. The van der Waals surface area contributed by atoms with Crippen LogP contribution in [0.2, 0.25) is 0 Å². The fourth-order valence-electron chi connectivity index (χ4n) is 2.37. The van der Waals surface area contributed by atoms with Gasteiger partial charge in [-0.2, -0.15) is 0 Å². The van der Waals surface area contributed by atoms with E-state index in [9.17, 15) is 4.79 Å². The van der Waals surface area contributed by atoms with E-state index in [1.165, 1.54) is 19.3 Å². The molecule has 18 heavy (non-hydrogen) atoms. The van der Waals surface area contributed by atoms with Gasteiger partial charge in [0.25, 0.3) is 0 Å². The summed E-state index contributed by atoms with van der Waals surface area (Å²) in [6.07, 6.45) is 8.54. The van der Waals surface area contributed by atoms with E-state index < -0.39 is 0 Å². The Bertz CT molecular complexity index is 326. The van der Waals surface area contributed by atoms with E-state index in [-0.39, 0.29) is 11.3 Å². The maximum Gasteiger partial charge on any atom is 0.131 e. The van der Waals surface area contributed by atoms with Gasteiger partial charge in [-0.05, 0) is 18.9 Å². The number of hydrogen-bond donors (Lipinski definition) is 0. The van der Waals surface area contributed by atoms with Crippen LogP contribution in [0.5, 0.6) is 0 Å². The number of carbonyl (C=O) groups excluding carboxylic acids is 1. The fourth-order valence-corrected chi connectivity index (χ4v) is 2.37. The van der Waals surface area contributed by atoms with Crippen molar-refractivity contribution in [3.8, 4) is 0 Å². The van der Waals surface area contributed by atoms with Crippen LogP contribution in [0.1, 0.15) is 52.9 Å². The van der Waals surface area contributed by atoms with Crippen molar-refractivity contribution in [2.24, 2.45) is 11.3 Å². The van der Waals surface area contributed by atoms with E-state index in [0.717, 1.165) is 37.1 Å². The first-order valence-electron chi connectivity index (χ1n) is 6.99. The topological polar surface area (TPSA) is 26.3 Å². The average Bonchev–Trinajstić information content (AvgIpc) is 2.30. The molecule has 0 heterocycles. The van der Waals surface area contributed by atoms with Gasteiger partial charge in [0.2, 0.25) is 0 Å². The third-order valence-electron chi connectivity index (χ3n) is 3.54. The SMILES string of the molecule is C=C1CC(C)(C)C(OCCCCCC)=CC1C=O. The van der Waals surface area contributed by atoms with Gasteiger partial charge in [-0.25, -0.2) is 0 Å². The van der Waals surface area contributed by atoms with Gasteiger partial charge in [0.05, 0.1) is 18.3 Å². The van der Waals surface area contributed by atoms with Crippen LogP contribution in [-0.4, -0.2) is 12.9 Å². The number of allylic oxidation sites excluding steroid dienone is 3. The summed E-state index contributed by atoms with van der Waals surface area (Å²) in [5.74, 6) is 0.798. The number of rotatable bonds is 7. The second-order valence-electron chi connectivity index (χ2n) is 5.82. The van der Waals surface area contributed by atoms with Gasteiger partial charge in [-0.15, -0.1) is 0 Å². The lowest BCUT2D eigenvalue weighted by atomic mass is 9.75. The van der Waals surface area contributed by atoms with Crippen molar-refractivity contribution in [3.63, 3.8) is 0 Å². The molecule has 1 aliphatic rings. The first-order valence-corrected chi connectivity index (χ1v) is 6.99. The Morgan fingerprint density at radius 1 is 1.44 bits per heavy atom. The van der Waals surface area contributed by atoms with Crippen molar-refractivity contribution in [3.05, 3.63) is 24.0 Å². The highest BCUT2D eigenvalue weighted by atomic mass is 16.5. The highest BCUT2D eigenvalue weighted by Crippen LogP contribution is 2.41.